The first-order valence-electron chi connectivity index (χ1n) is 9.55. The molecule has 0 aromatic carbocycles. The van der Waals surface area contributed by atoms with Crippen LogP contribution >= 0.6 is 0 Å². The average Bonchev–Trinajstić information content (AvgIpc) is 2.89. The molecular formula is C19H29NO. The van der Waals surface area contributed by atoms with Gasteiger partial charge < -0.3 is 4.90 Å². The van der Waals surface area contributed by atoms with Crippen LogP contribution in [-0.4, -0.2) is 23.4 Å². The predicted octanol–water partition coefficient (Wildman–Crippen LogP) is 3.99. The van der Waals surface area contributed by atoms with Crippen molar-refractivity contribution >= 4 is 5.91 Å². The zero-order valence-corrected chi connectivity index (χ0v) is 13.2. The van der Waals surface area contributed by atoms with Gasteiger partial charge in [0.2, 0.25) is 5.91 Å². The molecule has 0 radical (unpaired) electrons. The summed E-state index contributed by atoms with van der Waals surface area (Å²) in [6, 6.07) is 0.624. The Morgan fingerprint density at radius 1 is 0.857 bits per heavy atom. The van der Waals surface area contributed by atoms with E-state index in [2.05, 4.69) is 4.90 Å². The number of hydrogen-bond acceptors (Lipinski definition) is 1. The SMILES string of the molecule is O=C(N1CC[C@@H]2CCCC[C@@H]21)C12CC3CC(CC(C3)C1)C2. The van der Waals surface area contributed by atoms with Crippen molar-refractivity contribution in [3.63, 3.8) is 0 Å². The van der Waals surface area contributed by atoms with E-state index in [9.17, 15) is 4.79 Å². The second kappa shape index (κ2) is 4.49. The molecule has 5 aliphatic carbocycles. The molecule has 5 saturated carbocycles. The highest BCUT2D eigenvalue weighted by molar-refractivity contribution is 5.84. The highest BCUT2D eigenvalue weighted by Gasteiger charge is 2.57. The fraction of sp³-hybridized carbons (Fsp3) is 0.947. The third-order valence-corrected chi connectivity index (χ3v) is 7.76. The molecule has 1 amide bonds. The summed E-state index contributed by atoms with van der Waals surface area (Å²) >= 11 is 0. The lowest BCUT2D eigenvalue weighted by Crippen LogP contribution is -2.55. The normalized spacial score (nSPS) is 51.2. The highest BCUT2D eigenvalue weighted by Crippen LogP contribution is 2.61. The summed E-state index contributed by atoms with van der Waals surface area (Å²) in [6.07, 6.45) is 14.8. The van der Waals surface area contributed by atoms with Gasteiger partial charge in [-0.3, -0.25) is 4.79 Å². The zero-order valence-electron chi connectivity index (χ0n) is 13.2. The highest BCUT2D eigenvalue weighted by atomic mass is 16.2. The Kier molecular flexibility index (Phi) is 2.77. The van der Waals surface area contributed by atoms with E-state index in [0.29, 0.717) is 11.9 Å². The fourth-order valence-corrected chi connectivity index (χ4v) is 7.34. The third-order valence-electron chi connectivity index (χ3n) is 7.76. The van der Waals surface area contributed by atoms with Crippen LogP contribution in [0.4, 0.5) is 0 Å². The topological polar surface area (TPSA) is 20.3 Å². The largest absolute Gasteiger partial charge is 0.339 e. The molecule has 0 N–H and O–H groups in total. The summed E-state index contributed by atoms with van der Waals surface area (Å²) in [5.74, 6) is 4.13. The number of rotatable bonds is 1. The maximum Gasteiger partial charge on any atom is 0.229 e. The van der Waals surface area contributed by atoms with Gasteiger partial charge in [0, 0.05) is 12.6 Å². The number of carbonyl (C=O) groups excluding carboxylic acids is 1. The van der Waals surface area contributed by atoms with Crippen LogP contribution in [0.1, 0.15) is 70.6 Å². The van der Waals surface area contributed by atoms with Gasteiger partial charge in [-0.15, -0.1) is 0 Å². The van der Waals surface area contributed by atoms with Crippen molar-refractivity contribution in [1.29, 1.82) is 0 Å². The number of amides is 1. The Bertz CT molecular complexity index is 421. The van der Waals surface area contributed by atoms with E-state index in [4.69, 9.17) is 0 Å². The first-order valence-corrected chi connectivity index (χ1v) is 9.55. The smallest absolute Gasteiger partial charge is 0.229 e. The quantitative estimate of drug-likeness (QED) is 0.714. The van der Waals surface area contributed by atoms with Crippen LogP contribution in [0.25, 0.3) is 0 Å². The number of hydrogen-bond donors (Lipinski definition) is 0. The zero-order chi connectivity index (χ0) is 14.0. The molecule has 6 rings (SSSR count). The van der Waals surface area contributed by atoms with Gasteiger partial charge in [-0.2, -0.15) is 0 Å². The van der Waals surface area contributed by atoms with Crippen LogP contribution < -0.4 is 0 Å². The first-order chi connectivity index (χ1) is 10.2. The van der Waals surface area contributed by atoms with E-state index >= 15 is 0 Å². The van der Waals surface area contributed by atoms with Gasteiger partial charge in [-0.25, -0.2) is 0 Å². The Morgan fingerprint density at radius 3 is 2.14 bits per heavy atom. The second-order valence-corrected chi connectivity index (χ2v) is 9.10. The van der Waals surface area contributed by atoms with Crippen LogP contribution in [0.2, 0.25) is 0 Å². The average molecular weight is 287 g/mol. The van der Waals surface area contributed by atoms with E-state index in [1.807, 2.05) is 0 Å². The van der Waals surface area contributed by atoms with Crippen LogP contribution in [0.15, 0.2) is 0 Å². The van der Waals surface area contributed by atoms with E-state index in [0.717, 1.165) is 30.2 Å². The molecule has 1 heterocycles. The minimum absolute atomic E-state index is 0.0983. The predicted molar refractivity (Wildman–Crippen MR) is 82.7 cm³/mol. The molecule has 2 heteroatoms. The van der Waals surface area contributed by atoms with Gasteiger partial charge in [0.15, 0.2) is 0 Å². The van der Waals surface area contributed by atoms with Crippen molar-refractivity contribution in [2.75, 3.05) is 6.54 Å². The van der Waals surface area contributed by atoms with Crippen LogP contribution in [0, 0.1) is 29.1 Å². The molecule has 0 spiro atoms. The lowest BCUT2D eigenvalue weighted by Gasteiger charge is -2.57. The van der Waals surface area contributed by atoms with E-state index < -0.39 is 0 Å². The third kappa shape index (κ3) is 1.86. The summed E-state index contributed by atoms with van der Waals surface area (Å²) < 4.78 is 0. The van der Waals surface area contributed by atoms with Crippen molar-refractivity contribution in [1.82, 2.24) is 4.90 Å². The maximum atomic E-state index is 13.5. The summed E-state index contributed by atoms with van der Waals surface area (Å²) in [6.45, 7) is 1.08. The minimum Gasteiger partial charge on any atom is -0.339 e. The molecule has 0 aromatic heterocycles. The van der Waals surface area contributed by atoms with Gasteiger partial charge >= 0.3 is 0 Å². The van der Waals surface area contributed by atoms with Crippen molar-refractivity contribution in [3.8, 4) is 0 Å². The molecule has 116 valence electrons. The van der Waals surface area contributed by atoms with Crippen LogP contribution in [-0.2, 0) is 4.79 Å². The molecule has 2 atom stereocenters. The van der Waals surface area contributed by atoms with Gasteiger partial charge in [0.1, 0.15) is 0 Å². The second-order valence-electron chi connectivity index (χ2n) is 9.10. The Hall–Kier alpha value is -0.530. The van der Waals surface area contributed by atoms with Gasteiger partial charge in [-0.1, -0.05) is 12.8 Å². The summed E-state index contributed by atoms with van der Waals surface area (Å²) in [4.78, 5) is 15.9. The summed E-state index contributed by atoms with van der Waals surface area (Å²) in [5, 5.41) is 0. The summed E-state index contributed by atoms with van der Waals surface area (Å²) in [5.41, 5.74) is 0.0983. The molecule has 4 bridgehead atoms. The van der Waals surface area contributed by atoms with Crippen molar-refractivity contribution in [2.24, 2.45) is 29.1 Å². The minimum atomic E-state index is 0.0983. The van der Waals surface area contributed by atoms with E-state index in [-0.39, 0.29) is 5.41 Å². The molecule has 6 aliphatic rings. The molecule has 0 unspecified atom stereocenters. The Balaban J connectivity index is 1.41. The van der Waals surface area contributed by atoms with E-state index in [1.165, 1.54) is 70.6 Å². The lowest BCUT2D eigenvalue weighted by atomic mass is 9.49. The fourth-order valence-electron chi connectivity index (χ4n) is 7.34. The van der Waals surface area contributed by atoms with Gasteiger partial charge in [0.05, 0.1) is 5.41 Å². The number of fused-ring (bicyclic) bond motifs is 1. The molecule has 0 aromatic rings. The summed E-state index contributed by atoms with van der Waals surface area (Å²) in [7, 11) is 0. The standard InChI is InChI=1S/C19H29NO/c21-18(20-6-5-16-3-1-2-4-17(16)20)19-10-13-7-14(11-19)9-15(8-13)12-19/h13-17H,1-12H2/t13?,14?,15?,16-,17-,19?/m0/s1. The van der Waals surface area contributed by atoms with Crippen molar-refractivity contribution in [2.45, 2.75) is 76.7 Å². The van der Waals surface area contributed by atoms with Crippen molar-refractivity contribution < 1.29 is 4.79 Å². The molecule has 1 aliphatic heterocycles. The Morgan fingerprint density at radius 2 is 1.48 bits per heavy atom. The molecule has 1 saturated heterocycles. The monoisotopic (exact) mass is 287 g/mol. The molecule has 6 fully saturated rings. The maximum absolute atomic E-state index is 13.5. The first kappa shape index (κ1) is 13.0. The van der Waals surface area contributed by atoms with Gasteiger partial charge in [0.25, 0.3) is 0 Å². The molecular weight excluding hydrogens is 258 g/mol. The Labute approximate surface area is 128 Å². The van der Waals surface area contributed by atoms with Gasteiger partial charge in [-0.05, 0) is 81.5 Å². The molecule has 2 nitrogen and oxygen atoms in total. The number of carbonyl (C=O) groups is 1. The number of nitrogens with zero attached hydrogens (tertiary/aromatic N) is 1. The van der Waals surface area contributed by atoms with Crippen molar-refractivity contribution in [3.05, 3.63) is 0 Å². The molecule has 21 heavy (non-hydrogen) atoms. The van der Waals surface area contributed by atoms with Crippen LogP contribution in [0.3, 0.4) is 0 Å². The van der Waals surface area contributed by atoms with Crippen LogP contribution in [0.5, 0.6) is 0 Å². The van der Waals surface area contributed by atoms with E-state index in [1.54, 1.807) is 0 Å². The lowest BCUT2D eigenvalue weighted by molar-refractivity contribution is -0.159. The number of likely N-dealkylation sites (tertiary alicyclic amines) is 1.